The van der Waals surface area contributed by atoms with Gasteiger partial charge in [-0.15, -0.1) is 0 Å². The minimum Gasteiger partial charge on any atom is -0.372 e. The second kappa shape index (κ2) is 9.45. The summed E-state index contributed by atoms with van der Waals surface area (Å²) in [6, 6.07) is 14.4. The Bertz CT molecular complexity index is 841. The van der Waals surface area contributed by atoms with Crippen LogP contribution in [0.15, 0.2) is 59.5 Å². The van der Waals surface area contributed by atoms with E-state index in [1.54, 1.807) is 0 Å². The lowest BCUT2D eigenvalue weighted by Crippen LogP contribution is -2.30. The summed E-state index contributed by atoms with van der Waals surface area (Å²) < 4.78 is 47.8. The number of halogens is 2. The molecule has 1 N–H and O–H groups in total. The molecule has 146 valence electrons. The van der Waals surface area contributed by atoms with Gasteiger partial charge < -0.3 is 10.2 Å². The van der Waals surface area contributed by atoms with Gasteiger partial charge in [0.25, 0.3) is 5.91 Å². The van der Waals surface area contributed by atoms with Gasteiger partial charge in [0.1, 0.15) is 0 Å². The first-order valence-electron chi connectivity index (χ1n) is 8.56. The van der Waals surface area contributed by atoms with Crippen molar-refractivity contribution in [1.29, 1.82) is 0 Å². The molecule has 1 amide bonds. The van der Waals surface area contributed by atoms with Crippen LogP contribution in [0.3, 0.4) is 0 Å². The second-order valence-electron chi connectivity index (χ2n) is 5.85. The number of nitrogens with one attached hydrogen (secondary N) is 1. The van der Waals surface area contributed by atoms with Crippen molar-refractivity contribution in [3.63, 3.8) is 0 Å². The van der Waals surface area contributed by atoms with Crippen LogP contribution < -0.4 is 10.2 Å². The fourth-order valence-corrected chi connectivity index (χ4v) is 3.30. The molecule has 0 radical (unpaired) electrons. The third kappa shape index (κ3) is 5.50. The first-order valence-corrected chi connectivity index (χ1v) is 10.1. The summed E-state index contributed by atoms with van der Waals surface area (Å²) in [4.78, 5) is 13.8. The van der Waals surface area contributed by atoms with Gasteiger partial charge in [0.15, 0.2) is 0 Å². The highest BCUT2D eigenvalue weighted by molar-refractivity contribution is 7.91. The van der Waals surface area contributed by atoms with Crippen LogP contribution in [0.5, 0.6) is 0 Å². The smallest absolute Gasteiger partial charge is 0.341 e. The van der Waals surface area contributed by atoms with Crippen LogP contribution in [-0.2, 0) is 9.84 Å². The Morgan fingerprint density at radius 3 is 2.26 bits per heavy atom. The zero-order valence-corrected chi connectivity index (χ0v) is 15.8. The molecule has 27 heavy (non-hydrogen) atoms. The van der Waals surface area contributed by atoms with Gasteiger partial charge in [-0.25, -0.2) is 8.42 Å². The van der Waals surface area contributed by atoms with Crippen molar-refractivity contribution < 1.29 is 22.0 Å². The average Bonchev–Trinajstić information content (AvgIpc) is 2.68. The van der Waals surface area contributed by atoms with Crippen molar-refractivity contribution in [1.82, 2.24) is 5.32 Å². The number of carbonyl (C=O) groups is 1. The molecule has 0 aliphatic carbocycles. The predicted octanol–water partition coefficient (Wildman–Crippen LogP) is 3.33. The van der Waals surface area contributed by atoms with Crippen molar-refractivity contribution in [2.24, 2.45) is 0 Å². The van der Waals surface area contributed by atoms with E-state index in [1.807, 2.05) is 30.3 Å². The van der Waals surface area contributed by atoms with Crippen LogP contribution in [0.4, 0.5) is 14.5 Å². The molecule has 0 saturated heterocycles. The van der Waals surface area contributed by atoms with E-state index in [9.17, 15) is 22.0 Å². The van der Waals surface area contributed by atoms with E-state index in [2.05, 4.69) is 17.1 Å². The van der Waals surface area contributed by atoms with Crippen LogP contribution in [-0.4, -0.2) is 39.7 Å². The Kier molecular flexibility index (Phi) is 7.29. The quantitative estimate of drug-likeness (QED) is 0.661. The molecule has 0 bridgehead atoms. The fraction of sp³-hybridized carbons (Fsp3) is 0.316. The number of carbonyl (C=O) groups excluding carboxylic acids is 1. The topological polar surface area (TPSA) is 66.5 Å². The molecule has 2 aromatic rings. The van der Waals surface area contributed by atoms with Crippen LogP contribution in [0.25, 0.3) is 0 Å². The van der Waals surface area contributed by atoms with Crippen LogP contribution in [0.1, 0.15) is 23.7 Å². The SMILES string of the molecule is CCN(CCCNC(=O)c1ccc(S(=O)(=O)C(F)F)cc1)c1ccccc1. The van der Waals surface area contributed by atoms with Crippen molar-refractivity contribution in [2.45, 2.75) is 24.0 Å². The number of rotatable bonds is 9. The molecule has 0 spiro atoms. The second-order valence-corrected chi connectivity index (χ2v) is 7.77. The lowest BCUT2D eigenvalue weighted by atomic mass is 10.2. The maximum atomic E-state index is 12.5. The van der Waals surface area contributed by atoms with Crippen molar-refractivity contribution >= 4 is 21.4 Å². The first kappa shape index (κ1) is 20.8. The average molecular weight is 396 g/mol. The highest BCUT2D eigenvalue weighted by atomic mass is 32.2. The van der Waals surface area contributed by atoms with Crippen molar-refractivity contribution in [2.75, 3.05) is 24.5 Å². The lowest BCUT2D eigenvalue weighted by molar-refractivity contribution is 0.0953. The summed E-state index contributed by atoms with van der Waals surface area (Å²) in [5.41, 5.74) is 1.33. The van der Waals surface area contributed by atoms with E-state index in [0.717, 1.165) is 37.3 Å². The van der Waals surface area contributed by atoms with Crippen LogP contribution >= 0.6 is 0 Å². The van der Waals surface area contributed by atoms with Crippen LogP contribution in [0, 0.1) is 0 Å². The fourth-order valence-electron chi connectivity index (χ4n) is 2.58. The summed E-state index contributed by atoms with van der Waals surface area (Å²) in [5.74, 6) is -3.86. The van der Waals surface area contributed by atoms with E-state index < -0.39 is 20.5 Å². The molecule has 0 aliphatic heterocycles. The molecule has 0 heterocycles. The number of para-hydroxylation sites is 1. The maximum absolute atomic E-state index is 12.5. The number of hydrogen-bond acceptors (Lipinski definition) is 4. The molecule has 2 rings (SSSR count). The summed E-state index contributed by atoms with van der Waals surface area (Å²) >= 11 is 0. The normalized spacial score (nSPS) is 11.4. The lowest BCUT2D eigenvalue weighted by Gasteiger charge is -2.23. The minimum atomic E-state index is -4.65. The van der Waals surface area contributed by atoms with Gasteiger partial charge in [-0.1, -0.05) is 18.2 Å². The largest absolute Gasteiger partial charge is 0.372 e. The molecule has 0 aliphatic rings. The molecule has 0 unspecified atom stereocenters. The number of benzene rings is 2. The van der Waals surface area contributed by atoms with Gasteiger partial charge >= 0.3 is 5.76 Å². The zero-order valence-electron chi connectivity index (χ0n) is 14.9. The Morgan fingerprint density at radius 2 is 1.70 bits per heavy atom. The van der Waals surface area contributed by atoms with Gasteiger partial charge in [-0.05, 0) is 49.7 Å². The van der Waals surface area contributed by atoms with E-state index in [4.69, 9.17) is 0 Å². The molecule has 0 saturated carbocycles. The van der Waals surface area contributed by atoms with E-state index in [0.29, 0.717) is 6.54 Å². The number of nitrogens with zero attached hydrogens (tertiary/aromatic N) is 1. The molecule has 0 fully saturated rings. The molecular formula is C19H22F2N2O3S. The summed E-state index contributed by atoms with van der Waals surface area (Å²) in [5, 5.41) is 2.75. The molecule has 2 aromatic carbocycles. The monoisotopic (exact) mass is 396 g/mol. The molecule has 0 aromatic heterocycles. The predicted molar refractivity (Wildman–Crippen MR) is 101 cm³/mol. The molecule has 0 atom stereocenters. The van der Waals surface area contributed by atoms with Crippen LogP contribution in [0.2, 0.25) is 0 Å². The Hall–Kier alpha value is -2.48. The summed E-state index contributed by atoms with van der Waals surface area (Å²) in [6.45, 7) is 4.12. The first-order chi connectivity index (χ1) is 12.9. The van der Waals surface area contributed by atoms with Crippen molar-refractivity contribution in [3.8, 4) is 0 Å². The highest BCUT2D eigenvalue weighted by Gasteiger charge is 2.26. The maximum Gasteiger partial charge on any atom is 0.341 e. The van der Waals surface area contributed by atoms with Gasteiger partial charge in [0.05, 0.1) is 4.90 Å². The van der Waals surface area contributed by atoms with Gasteiger partial charge in [0, 0.05) is 30.9 Å². The number of hydrogen-bond donors (Lipinski definition) is 1. The third-order valence-corrected chi connectivity index (χ3v) is 5.47. The van der Waals surface area contributed by atoms with E-state index in [-0.39, 0.29) is 11.5 Å². The Balaban J connectivity index is 1.85. The third-order valence-electron chi connectivity index (χ3n) is 4.07. The van der Waals surface area contributed by atoms with Gasteiger partial charge in [0.2, 0.25) is 9.84 Å². The number of anilines is 1. The summed E-state index contributed by atoms with van der Waals surface area (Å²) in [6.07, 6.45) is 0.728. The Morgan fingerprint density at radius 1 is 1.07 bits per heavy atom. The van der Waals surface area contributed by atoms with Gasteiger partial charge in [-0.3, -0.25) is 4.79 Å². The van der Waals surface area contributed by atoms with Crippen molar-refractivity contribution in [3.05, 3.63) is 60.2 Å². The zero-order chi connectivity index (χ0) is 19.9. The molecule has 8 heteroatoms. The minimum absolute atomic E-state index is 0.221. The van der Waals surface area contributed by atoms with E-state index in [1.165, 1.54) is 12.1 Å². The summed E-state index contributed by atoms with van der Waals surface area (Å²) in [7, 11) is -4.65. The Labute approximate surface area is 157 Å². The van der Waals surface area contributed by atoms with E-state index >= 15 is 0 Å². The standard InChI is InChI=1S/C19H22F2N2O3S/c1-2-23(16-7-4-3-5-8-16)14-6-13-22-18(24)15-9-11-17(12-10-15)27(25,26)19(20)21/h3-5,7-12,19H,2,6,13-14H2,1H3,(H,22,24). The molecule has 5 nitrogen and oxygen atoms in total. The molecular weight excluding hydrogens is 374 g/mol. The highest BCUT2D eigenvalue weighted by Crippen LogP contribution is 2.18. The number of amides is 1. The van der Waals surface area contributed by atoms with Gasteiger partial charge in [-0.2, -0.15) is 8.78 Å². The number of alkyl halides is 2. The number of sulfone groups is 1.